The molecule has 0 aliphatic heterocycles. The molecule has 20 heavy (non-hydrogen) atoms. The zero-order valence-corrected chi connectivity index (χ0v) is 12.0. The van der Waals surface area contributed by atoms with Crippen molar-refractivity contribution in [2.45, 2.75) is 6.42 Å². The summed E-state index contributed by atoms with van der Waals surface area (Å²) in [5, 5.41) is 9.83. The minimum atomic E-state index is 0.106. The van der Waals surface area contributed by atoms with E-state index in [-0.39, 0.29) is 5.84 Å². The summed E-state index contributed by atoms with van der Waals surface area (Å²) in [5.74, 6) is 0.106. The smallest absolute Gasteiger partial charge is 0.123 e. The number of anilines is 1. The monoisotopic (exact) mass is 271 g/mol. The van der Waals surface area contributed by atoms with Gasteiger partial charge in [-0.05, 0) is 23.9 Å². The molecule has 0 aliphatic rings. The number of nitrogens with two attached hydrogens (primary N) is 1. The average molecular weight is 271 g/mol. The molecule has 2 rings (SSSR count). The minimum absolute atomic E-state index is 0.106. The van der Waals surface area contributed by atoms with Crippen LogP contribution >= 0.6 is 0 Å². The Labute approximate surface area is 119 Å². The Morgan fingerprint density at radius 3 is 2.55 bits per heavy atom. The van der Waals surface area contributed by atoms with Crippen LogP contribution in [0.3, 0.4) is 0 Å². The lowest BCUT2D eigenvalue weighted by Crippen LogP contribution is -2.20. The first-order valence-corrected chi connectivity index (χ1v) is 6.71. The molecule has 0 aliphatic carbocycles. The van der Waals surface area contributed by atoms with E-state index in [1.54, 1.807) is 7.11 Å². The number of nitrogen functional groups attached to an aromatic ring is 1. The lowest BCUT2D eigenvalue weighted by Gasteiger charge is -2.22. The van der Waals surface area contributed by atoms with Gasteiger partial charge in [-0.2, -0.15) is 0 Å². The first kappa shape index (κ1) is 14.3. The van der Waals surface area contributed by atoms with Gasteiger partial charge in [-0.1, -0.05) is 24.3 Å². The molecule has 0 fully saturated rings. The fourth-order valence-electron chi connectivity index (χ4n) is 2.42. The van der Waals surface area contributed by atoms with E-state index in [0.717, 1.165) is 41.6 Å². The zero-order valence-electron chi connectivity index (χ0n) is 12.0. The molecule has 0 bridgehead atoms. The largest absolute Gasteiger partial charge is 0.385 e. The molecular formula is C16H21N3O. The lowest BCUT2D eigenvalue weighted by atomic mass is 10.0. The van der Waals surface area contributed by atoms with Crippen molar-refractivity contribution in [3.05, 3.63) is 42.0 Å². The molecule has 2 aromatic carbocycles. The van der Waals surface area contributed by atoms with Crippen molar-refractivity contribution < 1.29 is 4.74 Å². The number of rotatable bonds is 6. The molecule has 0 aromatic heterocycles. The lowest BCUT2D eigenvalue weighted by molar-refractivity contribution is 0.196. The van der Waals surface area contributed by atoms with Crippen molar-refractivity contribution in [1.29, 1.82) is 5.41 Å². The first-order valence-electron chi connectivity index (χ1n) is 6.71. The van der Waals surface area contributed by atoms with Gasteiger partial charge in [0.25, 0.3) is 0 Å². The second kappa shape index (κ2) is 6.39. The third-order valence-electron chi connectivity index (χ3n) is 3.44. The summed E-state index contributed by atoms with van der Waals surface area (Å²) in [6.07, 6.45) is 0.982. The Morgan fingerprint density at radius 2 is 1.90 bits per heavy atom. The number of hydrogen-bond acceptors (Lipinski definition) is 3. The molecule has 0 spiro atoms. The molecule has 0 unspecified atom stereocenters. The number of ether oxygens (including phenoxy) is 1. The highest BCUT2D eigenvalue weighted by Crippen LogP contribution is 2.28. The van der Waals surface area contributed by atoms with Crippen LogP contribution in [0.2, 0.25) is 0 Å². The molecule has 3 N–H and O–H groups in total. The van der Waals surface area contributed by atoms with E-state index in [1.807, 2.05) is 30.3 Å². The van der Waals surface area contributed by atoms with Gasteiger partial charge in [0, 0.05) is 43.9 Å². The highest BCUT2D eigenvalue weighted by molar-refractivity contribution is 6.10. The van der Waals surface area contributed by atoms with Gasteiger partial charge in [0.15, 0.2) is 0 Å². The topological polar surface area (TPSA) is 62.3 Å². The van der Waals surface area contributed by atoms with Gasteiger partial charge in [-0.25, -0.2) is 0 Å². The van der Waals surface area contributed by atoms with Crippen LogP contribution < -0.4 is 10.6 Å². The van der Waals surface area contributed by atoms with E-state index in [1.165, 1.54) is 0 Å². The van der Waals surface area contributed by atoms with Gasteiger partial charge in [0.2, 0.25) is 0 Å². The van der Waals surface area contributed by atoms with Crippen LogP contribution in [0.1, 0.15) is 12.0 Å². The van der Waals surface area contributed by atoms with E-state index in [4.69, 9.17) is 15.9 Å². The molecule has 0 atom stereocenters. The van der Waals surface area contributed by atoms with E-state index < -0.39 is 0 Å². The SMILES string of the molecule is COCCCN(C)c1ccc(C(=N)N)c2ccccc12. The third-order valence-corrected chi connectivity index (χ3v) is 3.44. The molecule has 4 heteroatoms. The van der Waals surface area contributed by atoms with Crippen molar-refractivity contribution in [3.63, 3.8) is 0 Å². The van der Waals surface area contributed by atoms with Crippen molar-refractivity contribution in [1.82, 2.24) is 0 Å². The standard InChI is InChI=1S/C16H21N3O/c1-19(10-5-11-20-2)15-9-8-14(16(17)18)12-6-3-4-7-13(12)15/h3-4,6-9H,5,10-11H2,1-2H3,(H3,17,18). The molecular weight excluding hydrogens is 250 g/mol. The maximum absolute atomic E-state index is 7.68. The summed E-state index contributed by atoms with van der Waals surface area (Å²) in [7, 11) is 3.79. The Kier molecular flexibility index (Phi) is 4.58. The highest BCUT2D eigenvalue weighted by Gasteiger charge is 2.10. The Bertz CT molecular complexity index is 610. The van der Waals surface area contributed by atoms with Crippen LogP contribution in [0.15, 0.2) is 36.4 Å². The Balaban J connectivity index is 2.40. The van der Waals surface area contributed by atoms with E-state index in [2.05, 4.69) is 18.0 Å². The predicted octanol–water partition coefficient (Wildman–Crippen LogP) is 2.60. The minimum Gasteiger partial charge on any atom is -0.385 e. The van der Waals surface area contributed by atoms with Gasteiger partial charge < -0.3 is 15.4 Å². The molecule has 0 radical (unpaired) electrons. The fourth-order valence-corrected chi connectivity index (χ4v) is 2.42. The van der Waals surface area contributed by atoms with Crippen LogP contribution in [0.4, 0.5) is 5.69 Å². The Morgan fingerprint density at radius 1 is 1.20 bits per heavy atom. The number of methoxy groups -OCH3 is 1. The molecule has 4 nitrogen and oxygen atoms in total. The summed E-state index contributed by atoms with van der Waals surface area (Å²) in [5.41, 5.74) is 7.60. The van der Waals surface area contributed by atoms with Crippen LogP contribution in [0.25, 0.3) is 10.8 Å². The number of amidine groups is 1. The summed E-state index contributed by atoms with van der Waals surface area (Å²) < 4.78 is 5.09. The normalized spacial score (nSPS) is 10.7. The maximum atomic E-state index is 7.68. The van der Waals surface area contributed by atoms with E-state index in [9.17, 15) is 0 Å². The van der Waals surface area contributed by atoms with Crippen molar-refractivity contribution in [2.24, 2.45) is 5.73 Å². The fraction of sp³-hybridized carbons (Fsp3) is 0.312. The number of fused-ring (bicyclic) bond motifs is 1. The highest BCUT2D eigenvalue weighted by atomic mass is 16.5. The second-order valence-electron chi connectivity index (χ2n) is 4.86. The summed E-state index contributed by atoms with van der Waals surface area (Å²) in [6, 6.07) is 12.0. The van der Waals surface area contributed by atoms with Crippen LogP contribution in [-0.4, -0.2) is 33.1 Å². The number of nitrogens with zero attached hydrogens (tertiary/aromatic N) is 1. The molecule has 106 valence electrons. The van der Waals surface area contributed by atoms with Gasteiger partial charge in [-0.3, -0.25) is 5.41 Å². The average Bonchev–Trinajstić information content (AvgIpc) is 2.46. The Hall–Kier alpha value is -2.07. The summed E-state index contributed by atoms with van der Waals surface area (Å²) >= 11 is 0. The van der Waals surface area contributed by atoms with Crippen LogP contribution in [0, 0.1) is 5.41 Å². The molecule has 2 aromatic rings. The molecule has 0 heterocycles. The summed E-state index contributed by atoms with van der Waals surface area (Å²) in [6.45, 7) is 1.69. The van der Waals surface area contributed by atoms with Gasteiger partial charge in [0.1, 0.15) is 5.84 Å². The van der Waals surface area contributed by atoms with Crippen LogP contribution in [0.5, 0.6) is 0 Å². The van der Waals surface area contributed by atoms with Gasteiger partial charge in [-0.15, -0.1) is 0 Å². The molecule has 0 amide bonds. The predicted molar refractivity (Wildman–Crippen MR) is 84.7 cm³/mol. The van der Waals surface area contributed by atoms with E-state index in [0.29, 0.717) is 0 Å². The van der Waals surface area contributed by atoms with E-state index >= 15 is 0 Å². The zero-order chi connectivity index (χ0) is 14.5. The van der Waals surface area contributed by atoms with Crippen LogP contribution in [-0.2, 0) is 4.74 Å². The maximum Gasteiger partial charge on any atom is 0.123 e. The number of nitrogens with one attached hydrogen (secondary N) is 1. The summed E-state index contributed by atoms with van der Waals surface area (Å²) in [4.78, 5) is 2.21. The number of benzene rings is 2. The second-order valence-corrected chi connectivity index (χ2v) is 4.86. The molecule has 0 saturated heterocycles. The number of hydrogen-bond donors (Lipinski definition) is 2. The van der Waals surface area contributed by atoms with Crippen molar-refractivity contribution in [2.75, 3.05) is 32.2 Å². The molecule has 0 saturated carbocycles. The van der Waals surface area contributed by atoms with Crippen molar-refractivity contribution in [3.8, 4) is 0 Å². The van der Waals surface area contributed by atoms with Gasteiger partial charge in [0.05, 0.1) is 0 Å². The quantitative estimate of drug-likeness (QED) is 0.482. The van der Waals surface area contributed by atoms with Gasteiger partial charge >= 0.3 is 0 Å². The third kappa shape index (κ3) is 2.91. The first-order chi connectivity index (χ1) is 9.65. The van der Waals surface area contributed by atoms with Crippen molar-refractivity contribution >= 4 is 22.3 Å².